The summed E-state index contributed by atoms with van der Waals surface area (Å²) in [5, 5.41) is 0. The van der Waals surface area contributed by atoms with Gasteiger partial charge >= 0.3 is 0 Å². The van der Waals surface area contributed by atoms with Gasteiger partial charge in [-0.05, 0) is 0 Å². The molecule has 0 aromatic rings. The Kier molecular flexibility index (Phi) is 11.8. The Bertz CT molecular complexity index is 98.1. The average Bonchev–Trinajstić information content (AvgIpc) is 0.722. The number of hydrogen-bond acceptors (Lipinski definition) is 2. The summed E-state index contributed by atoms with van der Waals surface area (Å²) in [4.78, 5) is 0. The summed E-state index contributed by atoms with van der Waals surface area (Å²) < 4.78 is 25.9. The van der Waals surface area contributed by atoms with Gasteiger partial charge in [-0.15, -0.1) is 0 Å². The molecule has 0 unspecified atom stereocenters. The van der Waals surface area contributed by atoms with Gasteiger partial charge in [0.2, 0.25) is 0 Å². The van der Waals surface area contributed by atoms with Crippen LogP contribution in [-0.4, -0.2) is 19.2 Å². The van der Waals surface area contributed by atoms with Gasteiger partial charge in [-0.25, -0.2) is 0 Å². The predicted molar refractivity (Wildman–Crippen MR) is 20.0 cm³/mol. The van der Waals surface area contributed by atoms with E-state index in [0.29, 0.717) is 6.26 Å². The molecule has 0 spiro atoms. The smallest absolute Gasteiger partial charge is 0.261 e. The molecular formula is CH5FO3STb. The van der Waals surface area contributed by atoms with Crippen LogP contribution in [0.3, 0.4) is 0 Å². The van der Waals surface area contributed by atoms with Crippen molar-refractivity contribution in [3.05, 3.63) is 0 Å². The molecule has 0 saturated carbocycles. The van der Waals surface area contributed by atoms with Gasteiger partial charge in [0.05, 0.1) is 6.26 Å². The average molecular weight is 275 g/mol. The van der Waals surface area contributed by atoms with E-state index < -0.39 is 10.1 Å². The monoisotopic (exact) mass is 275 g/mol. The number of rotatable bonds is 0. The third-order valence-corrected chi connectivity index (χ3v) is 0. The van der Waals surface area contributed by atoms with Crippen LogP contribution in [-0.2, 0) is 10.1 Å². The van der Waals surface area contributed by atoms with Crippen molar-refractivity contribution in [3.8, 4) is 0 Å². The zero-order chi connectivity index (χ0) is 4.50. The van der Waals surface area contributed by atoms with Gasteiger partial charge in [0.1, 0.15) is 0 Å². The second-order valence-corrected chi connectivity index (χ2v) is 2.20. The molecule has 0 aromatic heterocycles. The second kappa shape index (κ2) is 5.27. The van der Waals surface area contributed by atoms with E-state index in [0.717, 1.165) is 0 Å². The van der Waals surface area contributed by atoms with E-state index in [9.17, 15) is 8.42 Å². The largest absolute Gasteiger partial charge is 0.286 e. The Balaban J connectivity index is -0.0000000800. The van der Waals surface area contributed by atoms with Crippen LogP contribution in [0.1, 0.15) is 0 Å². The van der Waals surface area contributed by atoms with Gasteiger partial charge < -0.3 is 0 Å². The van der Waals surface area contributed by atoms with Crippen molar-refractivity contribution in [1.29, 1.82) is 0 Å². The SMILES string of the molecule is CS(=O)(=O)O.F.[Tb]. The van der Waals surface area contributed by atoms with Crippen molar-refractivity contribution in [3.63, 3.8) is 0 Å². The molecule has 0 rings (SSSR count). The number of hydrogen-bond donors (Lipinski definition) is 1. The summed E-state index contributed by atoms with van der Waals surface area (Å²) >= 11 is 0. The predicted octanol–water partition coefficient (Wildman–Crippen LogP) is -0.343. The van der Waals surface area contributed by atoms with Gasteiger partial charge in [0, 0.05) is 38.6 Å². The first-order chi connectivity index (χ1) is 2.00. The van der Waals surface area contributed by atoms with Crippen LogP contribution in [0.25, 0.3) is 0 Å². The minimum Gasteiger partial charge on any atom is -0.286 e. The van der Waals surface area contributed by atoms with Crippen LogP contribution in [0.2, 0.25) is 0 Å². The van der Waals surface area contributed by atoms with Gasteiger partial charge in [-0.3, -0.25) is 9.26 Å². The van der Waals surface area contributed by atoms with Crippen molar-refractivity contribution < 1.29 is 56.3 Å². The zero-order valence-electron chi connectivity index (χ0n) is 3.41. The minimum absolute atomic E-state index is 0. The first kappa shape index (κ1) is 15.7. The van der Waals surface area contributed by atoms with Crippen LogP contribution >= 0.6 is 0 Å². The molecule has 49 valence electrons. The molecule has 0 bridgehead atoms. The van der Waals surface area contributed by atoms with Crippen LogP contribution in [0.15, 0.2) is 0 Å². The van der Waals surface area contributed by atoms with Crippen molar-refractivity contribution in [2.45, 2.75) is 0 Å². The zero-order valence-corrected chi connectivity index (χ0v) is 6.37. The minimum atomic E-state index is -3.67. The summed E-state index contributed by atoms with van der Waals surface area (Å²) in [6, 6.07) is 0. The summed E-state index contributed by atoms with van der Waals surface area (Å²) in [7, 11) is -3.67. The van der Waals surface area contributed by atoms with Crippen LogP contribution in [0.4, 0.5) is 4.70 Å². The van der Waals surface area contributed by atoms with E-state index in [1.807, 2.05) is 0 Å². The molecule has 7 heavy (non-hydrogen) atoms. The van der Waals surface area contributed by atoms with Gasteiger partial charge in [0.25, 0.3) is 10.1 Å². The molecule has 0 heterocycles. The van der Waals surface area contributed by atoms with E-state index in [-0.39, 0.29) is 43.3 Å². The third kappa shape index (κ3) is 148. The first-order valence-electron chi connectivity index (χ1n) is 0.924. The molecule has 0 aliphatic rings. The number of halogens is 1. The van der Waals surface area contributed by atoms with E-state index in [1.54, 1.807) is 0 Å². The van der Waals surface area contributed by atoms with Gasteiger partial charge in [0.15, 0.2) is 0 Å². The second-order valence-electron chi connectivity index (χ2n) is 0.733. The fraction of sp³-hybridized carbons (Fsp3) is 1.00. The maximum atomic E-state index is 9.19. The third-order valence-electron chi connectivity index (χ3n) is 0. The molecule has 1 radical (unpaired) electrons. The normalized spacial score (nSPS) is 8.29. The molecule has 3 nitrogen and oxygen atoms in total. The molecule has 0 aliphatic heterocycles. The molecule has 0 fully saturated rings. The van der Waals surface area contributed by atoms with Crippen LogP contribution < -0.4 is 0 Å². The molecule has 0 aromatic carbocycles. The van der Waals surface area contributed by atoms with E-state index >= 15 is 0 Å². The maximum absolute atomic E-state index is 9.19. The van der Waals surface area contributed by atoms with E-state index in [4.69, 9.17) is 4.55 Å². The Labute approximate surface area is 72.0 Å². The Hall–Kier alpha value is 1.13. The fourth-order valence-corrected chi connectivity index (χ4v) is 0. The van der Waals surface area contributed by atoms with Gasteiger partial charge in [-0.1, -0.05) is 0 Å². The van der Waals surface area contributed by atoms with Crippen LogP contribution in [0.5, 0.6) is 0 Å². The fourth-order valence-electron chi connectivity index (χ4n) is 0. The maximum Gasteiger partial charge on any atom is 0.261 e. The Morgan fingerprint density at radius 2 is 1.43 bits per heavy atom. The summed E-state index contributed by atoms with van der Waals surface area (Å²) in [6.07, 6.45) is 0.715. The topological polar surface area (TPSA) is 54.4 Å². The Morgan fingerprint density at radius 3 is 1.43 bits per heavy atom. The molecule has 6 heteroatoms. The van der Waals surface area contributed by atoms with Crippen molar-refractivity contribution in [2.75, 3.05) is 6.26 Å². The molecule has 0 amide bonds. The summed E-state index contributed by atoms with van der Waals surface area (Å²) in [5.74, 6) is 0. The quantitative estimate of drug-likeness (QED) is 0.615. The van der Waals surface area contributed by atoms with E-state index in [2.05, 4.69) is 0 Å². The van der Waals surface area contributed by atoms with Crippen molar-refractivity contribution in [1.82, 2.24) is 0 Å². The van der Waals surface area contributed by atoms with Crippen molar-refractivity contribution >= 4 is 10.1 Å². The molecule has 0 saturated heterocycles. The summed E-state index contributed by atoms with van der Waals surface area (Å²) in [6.45, 7) is 0. The molecule has 1 N–H and O–H groups in total. The summed E-state index contributed by atoms with van der Waals surface area (Å²) in [5.41, 5.74) is 0. The standard InChI is InChI=1S/CH4O3S.FH.Tb/c1-5(2,3)4;;/h1H3,(H,2,3,4);1H;. The van der Waals surface area contributed by atoms with Gasteiger partial charge in [-0.2, -0.15) is 8.42 Å². The Morgan fingerprint density at radius 1 is 1.43 bits per heavy atom. The van der Waals surface area contributed by atoms with E-state index in [1.165, 1.54) is 0 Å². The molecular weight excluding hydrogens is 270 g/mol. The molecule has 0 aliphatic carbocycles. The van der Waals surface area contributed by atoms with Crippen LogP contribution in [0, 0.1) is 38.6 Å². The first-order valence-corrected chi connectivity index (χ1v) is 2.77. The van der Waals surface area contributed by atoms with Crippen molar-refractivity contribution in [2.24, 2.45) is 0 Å². The molecule has 0 atom stereocenters.